The Kier molecular flexibility index (Phi) is 10.1. The van der Waals surface area contributed by atoms with Crippen molar-refractivity contribution in [2.24, 2.45) is 0 Å². The number of rotatable bonds is 11. The molecule has 1 heterocycles. The van der Waals surface area contributed by atoms with Gasteiger partial charge < -0.3 is 18.9 Å². The number of hydrogen-bond donors (Lipinski definition) is 0. The van der Waals surface area contributed by atoms with E-state index in [9.17, 15) is 19.7 Å². The molecule has 0 aliphatic carbocycles. The molecule has 1 aliphatic rings. The van der Waals surface area contributed by atoms with Crippen LogP contribution in [0.3, 0.4) is 0 Å². The molecule has 36 heavy (non-hydrogen) atoms. The fraction of sp³-hybridized carbons (Fsp3) is 0.407. The molecule has 9 nitrogen and oxygen atoms in total. The lowest BCUT2D eigenvalue weighted by atomic mass is 10.1. The third-order valence-electron chi connectivity index (χ3n) is 5.77. The number of carbonyl (C=O) groups excluding carboxylic acids is 2. The summed E-state index contributed by atoms with van der Waals surface area (Å²) in [5.41, 5.74) is 1.11. The molecule has 0 amide bonds. The fourth-order valence-electron chi connectivity index (χ4n) is 3.92. The molecule has 4 atom stereocenters. The average molecular weight is 498 g/mol. The number of benzene rings is 2. The van der Waals surface area contributed by atoms with Crippen LogP contribution in [0.5, 0.6) is 0 Å². The quantitative estimate of drug-likeness (QED) is 0.189. The van der Waals surface area contributed by atoms with Crippen molar-refractivity contribution >= 4 is 17.6 Å². The molecule has 0 aromatic heterocycles. The Bertz CT molecular complexity index is 1040. The zero-order chi connectivity index (χ0) is 25.9. The van der Waals surface area contributed by atoms with Gasteiger partial charge in [0.15, 0.2) is 6.10 Å². The molecule has 0 saturated heterocycles. The molecule has 0 spiro atoms. The van der Waals surface area contributed by atoms with E-state index < -0.39 is 41.3 Å². The highest BCUT2D eigenvalue weighted by molar-refractivity contribution is 5.89. The van der Waals surface area contributed by atoms with Gasteiger partial charge in [-0.25, -0.2) is 4.79 Å². The van der Waals surface area contributed by atoms with Crippen LogP contribution in [0, 0.1) is 10.1 Å². The predicted octanol–water partition coefficient (Wildman–Crippen LogP) is 4.78. The summed E-state index contributed by atoms with van der Waals surface area (Å²) in [6, 6.07) is 14.9. The molecule has 0 radical (unpaired) electrons. The minimum absolute atomic E-state index is 0.107. The molecule has 2 aromatic rings. The van der Waals surface area contributed by atoms with Crippen LogP contribution in [0.25, 0.3) is 0 Å². The van der Waals surface area contributed by atoms with E-state index >= 15 is 0 Å². The molecular formula is C27H31NO8. The van der Waals surface area contributed by atoms with Gasteiger partial charge in [0, 0.05) is 19.1 Å². The Labute approximate surface area is 210 Å². The summed E-state index contributed by atoms with van der Waals surface area (Å²) >= 11 is 0. The molecule has 2 aromatic carbocycles. The van der Waals surface area contributed by atoms with Gasteiger partial charge in [0.05, 0.1) is 29.8 Å². The second-order valence-electron chi connectivity index (χ2n) is 8.46. The Hall–Kier alpha value is -3.56. The Balaban J connectivity index is 1.65. The van der Waals surface area contributed by atoms with Crippen molar-refractivity contribution in [3.8, 4) is 0 Å². The number of hydrogen-bond acceptors (Lipinski definition) is 8. The van der Waals surface area contributed by atoms with E-state index in [-0.39, 0.29) is 17.9 Å². The first-order valence-electron chi connectivity index (χ1n) is 11.9. The van der Waals surface area contributed by atoms with Gasteiger partial charge in [-0.3, -0.25) is 14.9 Å². The van der Waals surface area contributed by atoms with Crippen molar-refractivity contribution in [1.29, 1.82) is 0 Å². The van der Waals surface area contributed by atoms with E-state index in [4.69, 9.17) is 18.9 Å². The summed E-state index contributed by atoms with van der Waals surface area (Å²) in [5.74, 6) is -1.03. The third kappa shape index (κ3) is 8.00. The van der Waals surface area contributed by atoms with Crippen molar-refractivity contribution in [1.82, 2.24) is 0 Å². The molecule has 0 bridgehead atoms. The Morgan fingerprint density at radius 1 is 1.00 bits per heavy atom. The number of carbonyl (C=O) groups is 2. The summed E-state index contributed by atoms with van der Waals surface area (Å²) in [5, 5.41) is 10.9. The first-order chi connectivity index (χ1) is 17.4. The van der Waals surface area contributed by atoms with Crippen LogP contribution in [0.2, 0.25) is 0 Å². The van der Waals surface area contributed by atoms with Gasteiger partial charge in [-0.05, 0) is 37.0 Å². The van der Waals surface area contributed by atoms with Gasteiger partial charge >= 0.3 is 11.9 Å². The SMILES string of the molecule is CC[C@H](OC(=O)c1ccc([N+](=O)[O-])cc1)[C@@H]1CC=CC[C@H]([C@@H](COCc2ccccc2)OC(C)=O)O1. The van der Waals surface area contributed by atoms with Crippen LogP contribution >= 0.6 is 0 Å². The second kappa shape index (κ2) is 13.5. The summed E-state index contributed by atoms with van der Waals surface area (Å²) in [6.07, 6.45) is 3.28. The Morgan fingerprint density at radius 2 is 1.64 bits per heavy atom. The number of nitro benzene ring substituents is 1. The van der Waals surface area contributed by atoms with E-state index in [0.717, 1.165) is 5.56 Å². The number of nitrogens with zero attached hydrogens (tertiary/aromatic N) is 1. The molecule has 0 unspecified atom stereocenters. The lowest BCUT2D eigenvalue weighted by Gasteiger charge is -2.31. The summed E-state index contributed by atoms with van der Waals surface area (Å²) in [4.78, 5) is 34.8. The van der Waals surface area contributed by atoms with Crippen molar-refractivity contribution < 1.29 is 33.5 Å². The molecular weight excluding hydrogens is 466 g/mol. The van der Waals surface area contributed by atoms with Gasteiger partial charge in [0.25, 0.3) is 5.69 Å². The van der Waals surface area contributed by atoms with E-state index in [2.05, 4.69) is 0 Å². The minimum Gasteiger partial charge on any atom is -0.457 e. The maximum atomic E-state index is 12.7. The molecule has 0 saturated carbocycles. The number of ether oxygens (including phenoxy) is 4. The van der Waals surface area contributed by atoms with Crippen LogP contribution in [0.1, 0.15) is 49.0 Å². The number of nitro groups is 1. The smallest absolute Gasteiger partial charge is 0.338 e. The van der Waals surface area contributed by atoms with Gasteiger partial charge in [-0.2, -0.15) is 0 Å². The zero-order valence-corrected chi connectivity index (χ0v) is 20.4. The summed E-state index contributed by atoms with van der Waals surface area (Å²) < 4.78 is 23.4. The largest absolute Gasteiger partial charge is 0.457 e. The van der Waals surface area contributed by atoms with Gasteiger partial charge in [-0.15, -0.1) is 0 Å². The third-order valence-corrected chi connectivity index (χ3v) is 5.77. The number of esters is 2. The topological polar surface area (TPSA) is 114 Å². The standard InChI is InChI=1S/C27H31NO8/c1-3-23(36-27(30)21-13-15-22(16-14-21)28(31)32)24-11-7-8-12-25(35-24)26(34-19(2)29)18-33-17-20-9-5-4-6-10-20/h4-10,13-16,23-26H,3,11-12,17-18H2,1-2H3/t23-,24-,25+,26+/m0/s1. The van der Waals surface area contributed by atoms with E-state index in [1.807, 2.05) is 49.4 Å². The first-order valence-corrected chi connectivity index (χ1v) is 11.9. The minimum atomic E-state index is -0.639. The molecule has 9 heteroatoms. The number of non-ortho nitro benzene ring substituents is 1. The van der Waals surface area contributed by atoms with Gasteiger partial charge in [0.2, 0.25) is 0 Å². The summed E-state index contributed by atoms with van der Waals surface area (Å²) in [6.45, 7) is 3.75. The highest BCUT2D eigenvalue weighted by Crippen LogP contribution is 2.24. The Morgan fingerprint density at radius 3 is 2.22 bits per heavy atom. The van der Waals surface area contributed by atoms with Gasteiger partial charge in [-0.1, -0.05) is 49.4 Å². The van der Waals surface area contributed by atoms with E-state index in [1.54, 1.807) is 0 Å². The van der Waals surface area contributed by atoms with E-state index in [1.165, 1.54) is 31.2 Å². The zero-order valence-electron chi connectivity index (χ0n) is 20.4. The maximum absolute atomic E-state index is 12.7. The average Bonchev–Trinajstić information content (AvgIpc) is 3.13. The molecule has 0 fully saturated rings. The van der Waals surface area contributed by atoms with Crippen LogP contribution in [0.4, 0.5) is 5.69 Å². The lowest BCUT2D eigenvalue weighted by Crippen LogP contribution is -2.42. The van der Waals surface area contributed by atoms with Crippen LogP contribution in [0.15, 0.2) is 66.7 Å². The van der Waals surface area contributed by atoms with Crippen molar-refractivity contribution in [3.05, 3.63) is 88.0 Å². The second-order valence-corrected chi connectivity index (χ2v) is 8.46. The van der Waals surface area contributed by atoms with E-state index in [0.29, 0.717) is 25.9 Å². The van der Waals surface area contributed by atoms with Crippen molar-refractivity contribution in [2.45, 2.75) is 64.1 Å². The fourth-order valence-corrected chi connectivity index (χ4v) is 3.92. The van der Waals surface area contributed by atoms with Crippen molar-refractivity contribution in [2.75, 3.05) is 6.61 Å². The molecule has 0 N–H and O–H groups in total. The maximum Gasteiger partial charge on any atom is 0.338 e. The molecule has 1 aliphatic heterocycles. The lowest BCUT2D eigenvalue weighted by molar-refractivity contribution is -0.384. The van der Waals surface area contributed by atoms with Crippen molar-refractivity contribution in [3.63, 3.8) is 0 Å². The highest BCUT2D eigenvalue weighted by Gasteiger charge is 2.33. The monoisotopic (exact) mass is 497 g/mol. The van der Waals surface area contributed by atoms with Crippen LogP contribution in [-0.4, -0.2) is 47.9 Å². The first kappa shape index (κ1) is 27.0. The molecule has 3 rings (SSSR count). The van der Waals surface area contributed by atoms with Crippen LogP contribution < -0.4 is 0 Å². The predicted molar refractivity (Wildman–Crippen MR) is 131 cm³/mol. The summed E-state index contributed by atoms with van der Waals surface area (Å²) in [7, 11) is 0. The highest BCUT2D eigenvalue weighted by atomic mass is 16.6. The normalized spacial score (nSPS) is 19.1. The van der Waals surface area contributed by atoms with Gasteiger partial charge in [0.1, 0.15) is 12.2 Å². The molecule has 192 valence electrons. The van der Waals surface area contributed by atoms with Crippen LogP contribution in [-0.2, 0) is 30.3 Å².